The van der Waals surface area contributed by atoms with Gasteiger partial charge >= 0.3 is 5.97 Å². The first-order chi connectivity index (χ1) is 12.9. The molecule has 1 N–H and O–H groups in total. The summed E-state index contributed by atoms with van der Waals surface area (Å²) in [6.45, 7) is 5.94. The lowest BCUT2D eigenvalue weighted by atomic mass is 10.1. The summed E-state index contributed by atoms with van der Waals surface area (Å²) in [5.41, 5.74) is 4.78. The number of carboxylic acid groups (broad SMARTS) is 1. The highest BCUT2D eigenvalue weighted by Gasteiger charge is 2.29. The van der Waals surface area contributed by atoms with Crippen molar-refractivity contribution in [2.75, 3.05) is 5.01 Å². The number of aryl methyl sites for hydroxylation is 1. The van der Waals surface area contributed by atoms with Gasteiger partial charge in [0, 0.05) is 5.69 Å². The summed E-state index contributed by atoms with van der Waals surface area (Å²) in [5, 5.41) is 18.1. The number of anilines is 1. The Morgan fingerprint density at radius 2 is 1.70 bits per heavy atom. The van der Waals surface area contributed by atoms with Gasteiger partial charge in [-0.15, -0.1) is 4.91 Å². The van der Waals surface area contributed by atoms with E-state index in [2.05, 4.69) is 10.4 Å². The average Bonchev–Trinajstić information content (AvgIpc) is 2.94. The van der Waals surface area contributed by atoms with Crippen LogP contribution >= 0.6 is 0 Å². The molecule has 7 heteroatoms. The minimum absolute atomic E-state index is 0.392. The summed E-state index contributed by atoms with van der Waals surface area (Å²) in [4.78, 5) is 23.3. The Bertz CT molecular complexity index is 965. The average molecular weight is 364 g/mol. The number of aromatic nitrogens is 2. The lowest BCUT2D eigenvalue weighted by Crippen LogP contribution is -2.29. The third-order valence-electron chi connectivity index (χ3n) is 4.69. The molecule has 0 spiro atoms. The van der Waals surface area contributed by atoms with Gasteiger partial charge in [-0.1, -0.05) is 30.3 Å². The van der Waals surface area contributed by atoms with Crippen molar-refractivity contribution in [2.24, 2.45) is 5.29 Å². The summed E-state index contributed by atoms with van der Waals surface area (Å²) in [6, 6.07) is 14.3. The molecule has 0 saturated carbocycles. The monoisotopic (exact) mass is 364 g/mol. The fourth-order valence-corrected chi connectivity index (χ4v) is 2.99. The van der Waals surface area contributed by atoms with E-state index in [0.717, 1.165) is 27.6 Å². The number of carbonyl (C=O) groups is 1. The Labute approximate surface area is 156 Å². The van der Waals surface area contributed by atoms with Crippen LogP contribution in [0.2, 0.25) is 0 Å². The van der Waals surface area contributed by atoms with Gasteiger partial charge in [0.2, 0.25) is 0 Å². The lowest BCUT2D eigenvalue weighted by molar-refractivity contribution is -0.138. The molecular formula is C20H20N4O3. The molecule has 0 radical (unpaired) electrons. The Morgan fingerprint density at radius 1 is 1.07 bits per heavy atom. The van der Waals surface area contributed by atoms with E-state index >= 15 is 0 Å². The van der Waals surface area contributed by atoms with Crippen molar-refractivity contribution in [3.05, 3.63) is 82.0 Å². The maximum absolute atomic E-state index is 11.8. The third kappa shape index (κ3) is 3.44. The van der Waals surface area contributed by atoms with Crippen LogP contribution in [0, 0.1) is 25.7 Å². The molecule has 0 saturated heterocycles. The van der Waals surface area contributed by atoms with Gasteiger partial charge in [-0.25, -0.2) is 14.5 Å². The molecule has 3 aromatic rings. The molecule has 2 aromatic carbocycles. The van der Waals surface area contributed by atoms with Crippen LogP contribution in [0.3, 0.4) is 0 Å². The molecule has 1 atom stereocenters. The molecule has 1 heterocycles. The normalized spacial score (nSPS) is 11.8. The van der Waals surface area contributed by atoms with Gasteiger partial charge in [-0.3, -0.25) is 0 Å². The Balaban J connectivity index is 1.97. The Hall–Kier alpha value is -3.48. The van der Waals surface area contributed by atoms with E-state index in [1.165, 1.54) is 0 Å². The van der Waals surface area contributed by atoms with Crippen LogP contribution in [-0.2, 0) is 4.79 Å². The van der Waals surface area contributed by atoms with Crippen LogP contribution in [0.25, 0.3) is 5.69 Å². The first-order valence-electron chi connectivity index (χ1n) is 8.47. The number of rotatable bonds is 6. The van der Waals surface area contributed by atoms with E-state index in [4.69, 9.17) is 0 Å². The van der Waals surface area contributed by atoms with Crippen molar-refractivity contribution < 1.29 is 9.90 Å². The number of aliphatic carboxylic acids is 1. The molecule has 0 aliphatic carbocycles. The maximum Gasteiger partial charge on any atom is 0.333 e. The molecule has 1 unspecified atom stereocenters. The smallest absolute Gasteiger partial charge is 0.333 e. The molecule has 0 bridgehead atoms. The maximum atomic E-state index is 11.8. The van der Waals surface area contributed by atoms with Crippen LogP contribution in [0.15, 0.2) is 59.9 Å². The van der Waals surface area contributed by atoms with Gasteiger partial charge < -0.3 is 5.11 Å². The third-order valence-corrected chi connectivity index (χ3v) is 4.69. The standard InChI is InChI=1S/C20H20N4O3/c1-13-14(2)21-23(15(13)3)17-9-11-18(12-10-17)24(22-27)19(20(25)26)16-7-5-4-6-8-16/h4-12,19H,1-3H3,(H,25,26). The largest absolute Gasteiger partial charge is 0.479 e. The number of nitrogens with zero attached hydrogens (tertiary/aromatic N) is 4. The van der Waals surface area contributed by atoms with Crippen LogP contribution in [0.5, 0.6) is 0 Å². The van der Waals surface area contributed by atoms with Gasteiger partial charge in [0.25, 0.3) is 0 Å². The van der Waals surface area contributed by atoms with Crippen molar-refractivity contribution in [3.63, 3.8) is 0 Å². The van der Waals surface area contributed by atoms with E-state index in [9.17, 15) is 14.8 Å². The van der Waals surface area contributed by atoms with Crippen LogP contribution in [0.4, 0.5) is 5.69 Å². The topological polar surface area (TPSA) is 87.8 Å². The molecular weight excluding hydrogens is 344 g/mol. The quantitative estimate of drug-likeness (QED) is 0.525. The molecule has 7 nitrogen and oxygen atoms in total. The zero-order valence-electron chi connectivity index (χ0n) is 15.3. The minimum Gasteiger partial charge on any atom is -0.479 e. The number of benzene rings is 2. The molecule has 138 valence electrons. The summed E-state index contributed by atoms with van der Waals surface area (Å²) in [7, 11) is 0. The second kappa shape index (κ2) is 7.41. The highest BCUT2D eigenvalue weighted by molar-refractivity contribution is 5.80. The first-order valence-corrected chi connectivity index (χ1v) is 8.47. The van der Waals surface area contributed by atoms with Crippen molar-refractivity contribution in [1.29, 1.82) is 0 Å². The molecule has 0 amide bonds. The van der Waals surface area contributed by atoms with Gasteiger partial charge in [0.15, 0.2) is 6.04 Å². The van der Waals surface area contributed by atoms with Crippen LogP contribution in [0.1, 0.15) is 28.6 Å². The molecule has 0 aliphatic heterocycles. The van der Waals surface area contributed by atoms with Gasteiger partial charge in [0.1, 0.15) is 0 Å². The fraction of sp³-hybridized carbons (Fsp3) is 0.200. The number of nitroso groups, excluding NO2 is 1. The van der Waals surface area contributed by atoms with E-state index < -0.39 is 12.0 Å². The minimum atomic E-state index is -1.20. The highest BCUT2D eigenvalue weighted by Crippen LogP contribution is 2.29. The van der Waals surface area contributed by atoms with Gasteiger partial charge in [-0.2, -0.15) is 5.10 Å². The molecule has 0 aliphatic rings. The number of hydrogen-bond acceptors (Lipinski definition) is 4. The van der Waals surface area contributed by atoms with Gasteiger partial charge in [-0.05, 0) is 56.2 Å². The molecule has 27 heavy (non-hydrogen) atoms. The second-order valence-electron chi connectivity index (χ2n) is 6.30. The van der Waals surface area contributed by atoms with Crippen molar-refractivity contribution >= 4 is 11.7 Å². The molecule has 1 aromatic heterocycles. The predicted octanol–water partition coefficient (Wildman–Crippen LogP) is 4.11. The Morgan fingerprint density at radius 3 is 2.19 bits per heavy atom. The first kappa shape index (κ1) is 18.3. The van der Waals surface area contributed by atoms with E-state index in [0.29, 0.717) is 11.3 Å². The second-order valence-corrected chi connectivity index (χ2v) is 6.30. The number of carboxylic acids is 1. The Kier molecular flexibility index (Phi) is 5.03. The van der Waals surface area contributed by atoms with Gasteiger partial charge in [0.05, 0.1) is 22.4 Å². The molecule has 3 rings (SSSR count). The summed E-state index contributed by atoms with van der Waals surface area (Å²) >= 11 is 0. The van der Waals surface area contributed by atoms with E-state index in [-0.39, 0.29) is 0 Å². The summed E-state index contributed by atoms with van der Waals surface area (Å²) in [6.07, 6.45) is 0. The van der Waals surface area contributed by atoms with E-state index in [1.807, 2.05) is 25.5 Å². The highest BCUT2D eigenvalue weighted by atomic mass is 16.4. The molecule has 0 fully saturated rings. The van der Waals surface area contributed by atoms with Crippen molar-refractivity contribution in [2.45, 2.75) is 26.8 Å². The van der Waals surface area contributed by atoms with Crippen molar-refractivity contribution in [3.8, 4) is 5.69 Å². The van der Waals surface area contributed by atoms with E-state index in [1.54, 1.807) is 54.6 Å². The van der Waals surface area contributed by atoms with Crippen LogP contribution in [-0.4, -0.2) is 20.9 Å². The summed E-state index contributed by atoms with van der Waals surface area (Å²) < 4.78 is 1.82. The zero-order valence-corrected chi connectivity index (χ0v) is 15.3. The zero-order chi connectivity index (χ0) is 19.6. The predicted molar refractivity (Wildman–Crippen MR) is 103 cm³/mol. The van der Waals surface area contributed by atoms with Crippen molar-refractivity contribution in [1.82, 2.24) is 9.78 Å². The SMILES string of the molecule is Cc1nn(-c2ccc(N(N=O)C(C(=O)O)c3ccccc3)cc2)c(C)c1C. The summed E-state index contributed by atoms with van der Waals surface area (Å²) in [5.74, 6) is -1.15. The van der Waals surface area contributed by atoms with Crippen LogP contribution < -0.4 is 5.01 Å². The fourth-order valence-electron chi connectivity index (χ4n) is 2.99. The number of hydrogen-bond donors (Lipinski definition) is 1. The lowest BCUT2D eigenvalue weighted by Gasteiger charge is -2.23.